The first-order valence-corrected chi connectivity index (χ1v) is 7.55. The highest BCUT2D eigenvalue weighted by Crippen LogP contribution is 2.40. The molecule has 0 aromatic carbocycles. The van der Waals surface area contributed by atoms with Crippen LogP contribution in [0, 0.1) is 11.8 Å². The molecular weight excluding hydrogens is 270 g/mol. The summed E-state index contributed by atoms with van der Waals surface area (Å²) in [4.78, 5) is 15.9. The second-order valence-electron chi connectivity index (χ2n) is 6.99. The molecule has 1 N–H and O–H groups in total. The molecule has 1 saturated heterocycles. The molecule has 7 nitrogen and oxygen atoms in total. The Morgan fingerprint density at radius 2 is 2.19 bits per heavy atom. The topological polar surface area (TPSA) is 72.3 Å². The van der Waals surface area contributed by atoms with Gasteiger partial charge in [-0.2, -0.15) is 4.79 Å². The Morgan fingerprint density at radius 3 is 2.86 bits per heavy atom. The highest BCUT2D eigenvalue weighted by atomic mass is 16.6. The maximum absolute atomic E-state index is 12.5. The van der Waals surface area contributed by atoms with Gasteiger partial charge in [-0.05, 0) is 57.1 Å². The Balaban J connectivity index is 1.76. The van der Waals surface area contributed by atoms with Gasteiger partial charge in [0, 0.05) is 6.54 Å². The standard InChI is InChI=1S/C14H23N5O2/c1-14(2,3)21-13(20)18-9-10-4-5-11(8-10)12(18)16-19-7-6-15-17-19/h6-7,10-12,16H,4-5,8-9H2,1-3H3. The first-order valence-electron chi connectivity index (χ1n) is 7.55. The van der Waals surface area contributed by atoms with Crippen LogP contribution in [0.15, 0.2) is 12.4 Å². The van der Waals surface area contributed by atoms with Crippen LogP contribution < -0.4 is 5.43 Å². The van der Waals surface area contributed by atoms with E-state index in [2.05, 4.69) is 15.7 Å². The summed E-state index contributed by atoms with van der Waals surface area (Å²) in [6.07, 6.45) is 6.50. The predicted octanol–water partition coefficient (Wildman–Crippen LogP) is 1.81. The van der Waals surface area contributed by atoms with Crippen LogP contribution in [-0.2, 0) is 4.74 Å². The van der Waals surface area contributed by atoms with E-state index in [1.54, 1.807) is 17.2 Å². The van der Waals surface area contributed by atoms with Gasteiger partial charge in [0.2, 0.25) is 0 Å². The zero-order chi connectivity index (χ0) is 15.0. The van der Waals surface area contributed by atoms with Crippen LogP contribution in [-0.4, -0.2) is 44.4 Å². The molecule has 2 fully saturated rings. The van der Waals surface area contributed by atoms with Gasteiger partial charge in [0.25, 0.3) is 0 Å². The average molecular weight is 293 g/mol. The number of carbonyl (C=O) groups is 1. The third kappa shape index (κ3) is 3.11. The van der Waals surface area contributed by atoms with Crippen LogP contribution in [0.25, 0.3) is 0 Å². The molecule has 1 aromatic rings. The maximum Gasteiger partial charge on any atom is 0.411 e. The number of piperidine rings is 1. The van der Waals surface area contributed by atoms with E-state index in [1.165, 1.54) is 6.42 Å². The normalized spacial score (nSPS) is 28.5. The summed E-state index contributed by atoms with van der Waals surface area (Å²) in [5.74, 6) is 1.04. The largest absolute Gasteiger partial charge is 0.444 e. The molecule has 116 valence electrons. The number of likely N-dealkylation sites (tertiary alicyclic amines) is 1. The maximum atomic E-state index is 12.5. The Hall–Kier alpha value is -1.79. The van der Waals surface area contributed by atoms with Crippen LogP contribution in [0.1, 0.15) is 40.0 Å². The van der Waals surface area contributed by atoms with Crippen molar-refractivity contribution in [3.8, 4) is 0 Å². The van der Waals surface area contributed by atoms with E-state index in [0.29, 0.717) is 11.8 Å². The molecule has 1 amide bonds. The van der Waals surface area contributed by atoms with E-state index in [9.17, 15) is 4.79 Å². The number of ether oxygens (including phenoxy) is 1. The van der Waals surface area contributed by atoms with Crippen molar-refractivity contribution >= 4 is 6.09 Å². The molecule has 7 heteroatoms. The Labute approximate surface area is 124 Å². The number of nitrogens with zero attached hydrogens (tertiary/aromatic N) is 4. The van der Waals surface area contributed by atoms with Crippen molar-refractivity contribution in [1.29, 1.82) is 0 Å². The molecule has 3 rings (SSSR count). The van der Waals surface area contributed by atoms with Gasteiger partial charge < -0.3 is 4.74 Å². The van der Waals surface area contributed by atoms with Crippen LogP contribution in [0.5, 0.6) is 0 Å². The first kappa shape index (κ1) is 14.2. The van der Waals surface area contributed by atoms with E-state index in [0.717, 1.165) is 19.4 Å². The minimum absolute atomic E-state index is 0.0831. The minimum atomic E-state index is -0.481. The van der Waals surface area contributed by atoms with E-state index in [1.807, 2.05) is 25.7 Å². The molecule has 1 aromatic heterocycles. The Morgan fingerprint density at radius 1 is 1.38 bits per heavy atom. The summed E-state index contributed by atoms with van der Waals surface area (Å²) in [6.45, 7) is 6.42. The van der Waals surface area contributed by atoms with Crippen molar-refractivity contribution in [3.63, 3.8) is 0 Å². The van der Waals surface area contributed by atoms with Crippen molar-refractivity contribution in [1.82, 2.24) is 20.0 Å². The minimum Gasteiger partial charge on any atom is -0.444 e. The van der Waals surface area contributed by atoms with Crippen molar-refractivity contribution in [2.24, 2.45) is 11.8 Å². The number of nitrogens with one attached hydrogen (secondary N) is 1. The fraction of sp³-hybridized carbons (Fsp3) is 0.786. The lowest BCUT2D eigenvalue weighted by Crippen LogP contribution is -2.55. The van der Waals surface area contributed by atoms with Crippen molar-refractivity contribution < 1.29 is 9.53 Å². The summed E-state index contributed by atoms with van der Waals surface area (Å²) in [7, 11) is 0. The molecule has 21 heavy (non-hydrogen) atoms. The number of hydrogen-bond acceptors (Lipinski definition) is 5. The number of carbonyl (C=O) groups excluding carboxylic acids is 1. The fourth-order valence-corrected chi connectivity index (χ4v) is 3.31. The number of hydrogen-bond donors (Lipinski definition) is 1. The summed E-state index contributed by atoms with van der Waals surface area (Å²) in [5.41, 5.74) is 2.79. The molecule has 2 aliphatic rings. The zero-order valence-corrected chi connectivity index (χ0v) is 12.8. The lowest BCUT2D eigenvalue weighted by molar-refractivity contribution is 0.00142. The lowest BCUT2D eigenvalue weighted by Gasteiger charge is -2.40. The van der Waals surface area contributed by atoms with Gasteiger partial charge in [-0.1, -0.05) is 0 Å². The van der Waals surface area contributed by atoms with Crippen molar-refractivity contribution in [3.05, 3.63) is 12.4 Å². The quantitative estimate of drug-likeness (QED) is 0.900. The lowest BCUT2D eigenvalue weighted by atomic mass is 9.96. The summed E-state index contributed by atoms with van der Waals surface area (Å²) >= 11 is 0. The van der Waals surface area contributed by atoms with E-state index < -0.39 is 5.60 Å². The van der Waals surface area contributed by atoms with E-state index >= 15 is 0 Å². The van der Waals surface area contributed by atoms with E-state index in [4.69, 9.17) is 4.74 Å². The third-order valence-corrected chi connectivity index (χ3v) is 4.13. The molecule has 1 aliphatic heterocycles. The van der Waals surface area contributed by atoms with Crippen LogP contribution >= 0.6 is 0 Å². The average Bonchev–Trinajstić information content (AvgIpc) is 3.00. The molecule has 0 spiro atoms. The number of aromatic nitrogens is 3. The second-order valence-corrected chi connectivity index (χ2v) is 6.99. The molecule has 2 heterocycles. The fourth-order valence-electron chi connectivity index (χ4n) is 3.31. The summed E-state index contributed by atoms with van der Waals surface area (Å²) < 4.78 is 5.55. The number of fused-ring (bicyclic) bond motifs is 2. The molecule has 2 bridgehead atoms. The zero-order valence-electron chi connectivity index (χ0n) is 12.8. The Bertz CT molecular complexity index is 496. The highest BCUT2D eigenvalue weighted by Gasteiger charge is 2.44. The van der Waals surface area contributed by atoms with Gasteiger partial charge >= 0.3 is 6.09 Å². The molecule has 1 aliphatic carbocycles. The van der Waals surface area contributed by atoms with Crippen LogP contribution in [0.4, 0.5) is 4.79 Å². The van der Waals surface area contributed by atoms with Crippen molar-refractivity contribution in [2.45, 2.75) is 51.8 Å². The van der Waals surface area contributed by atoms with Gasteiger partial charge in [0.15, 0.2) is 0 Å². The molecule has 3 atom stereocenters. The smallest absolute Gasteiger partial charge is 0.411 e. The van der Waals surface area contributed by atoms with Gasteiger partial charge in [0.05, 0.1) is 12.4 Å². The highest BCUT2D eigenvalue weighted by molar-refractivity contribution is 5.69. The monoisotopic (exact) mass is 293 g/mol. The summed E-state index contributed by atoms with van der Waals surface area (Å²) in [6, 6.07) is 0. The second kappa shape index (κ2) is 5.20. The Kier molecular flexibility index (Phi) is 3.51. The molecular formula is C14H23N5O2. The van der Waals surface area contributed by atoms with Crippen molar-refractivity contribution in [2.75, 3.05) is 12.0 Å². The molecule has 0 radical (unpaired) electrons. The molecule has 1 saturated carbocycles. The predicted molar refractivity (Wildman–Crippen MR) is 76.9 cm³/mol. The molecule has 3 unspecified atom stereocenters. The number of rotatable bonds is 2. The van der Waals surface area contributed by atoms with Gasteiger partial charge in [-0.25, -0.2) is 4.79 Å². The first-order chi connectivity index (χ1) is 9.92. The van der Waals surface area contributed by atoms with E-state index in [-0.39, 0.29) is 12.3 Å². The van der Waals surface area contributed by atoms with Gasteiger partial charge in [-0.15, -0.1) is 5.10 Å². The van der Waals surface area contributed by atoms with Gasteiger partial charge in [0.1, 0.15) is 11.8 Å². The summed E-state index contributed by atoms with van der Waals surface area (Å²) in [5, 5.41) is 7.73. The third-order valence-electron chi connectivity index (χ3n) is 4.13. The number of amides is 1. The van der Waals surface area contributed by atoms with Crippen LogP contribution in [0.3, 0.4) is 0 Å². The van der Waals surface area contributed by atoms with Gasteiger partial charge in [-0.3, -0.25) is 10.3 Å². The van der Waals surface area contributed by atoms with Crippen LogP contribution in [0.2, 0.25) is 0 Å². The SMILES string of the molecule is CC(C)(C)OC(=O)N1CC2CCC(C2)C1Nn1ccnn1.